The second-order valence-corrected chi connectivity index (χ2v) is 6.71. The van der Waals surface area contributed by atoms with Crippen molar-refractivity contribution in [1.82, 2.24) is 0 Å². The molecule has 3 aromatic rings. The maximum Gasteiger partial charge on any atom is 0.344 e. The van der Waals surface area contributed by atoms with E-state index in [1.54, 1.807) is 32.4 Å². The molecular formula is C23H24O5. The Kier molecular flexibility index (Phi) is 5.73. The highest BCUT2D eigenvalue weighted by Gasteiger charge is 2.16. The fourth-order valence-corrected chi connectivity index (χ4v) is 3.06. The lowest BCUT2D eigenvalue weighted by atomic mass is 9.99. The first kappa shape index (κ1) is 19.5. The van der Waals surface area contributed by atoms with Gasteiger partial charge in [0, 0.05) is 11.5 Å². The third kappa shape index (κ3) is 3.88. The van der Waals surface area contributed by atoms with Crippen LogP contribution in [-0.4, -0.2) is 20.8 Å². The van der Waals surface area contributed by atoms with Gasteiger partial charge in [0.1, 0.15) is 17.9 Å². The largest absolute Gasteiger partial charge is 0.493 e. The average Bonchev–Trinajstić information content (AvgIpc) is 2.67. The zero-order chi connectivity index (χ0) is 20.3. The van der Waals surface area contributed by atoms with Gasteiger partial charge < -0.3 is 18.6 Å². The molecule has 3 rings (SSSR count). The van der Waals surface area contributed by atoms with E-state index in [0.29, 0.717) is 35.0 Å². The number of ether oxygens (including phenoxy) is 3. The second kappa shape index (κ2) is 8.21. The topological polar surface area (TPSA) is 57.9 Å². The molecule has 0 N–H and O–H groups in total. The summed E-state index contributed by atoms with van der Waals surface area (Å²) in [6.45, 7) is 6.42. The van der Waals surface area contributed by atoms with Gasteiger partial charge in [0.15, 0.2) is 11.5 Å². The number of allylic oxidation sites excluding steroid dienone is 1. The molecule has 1 aromatic heterocycles. The van der Waals surface area contributed by atoms with Gasteiger partial charge in [0.25, 0.3) is 0 Å². The SMILES string of the molecule is COc1ccc(-c2c(C)c3ccc(OCC=C(C)C)cc3oc2=O)cc1OC. The summed E-state index contributed by atoms with van der Waals surface area (Å²) in [6, 6.07) is 10.9. The molecule has 0 aliphatic rings. The van der Waals surface area contributed by atoms with E-state index in [-0.39, 0.29) is 0 Å². The van der Waals surface area contributed by atoms with Crippen molar-refractivity contribution in [2.24, 2.45) is 0 Å². The summed E-state index contributed by atoms with van der Waals surface area (Å²) in [7, 11) is 3.14. The van der Waals surface area contributed by atoms with Crippen LogP contribution in [0.25, 0.3) is 22.1 Å². The smallest absolute Gasteiger partial charge is 0.344 e. The first-order valence-corrected chi connectivity index (χ1v) is 9.00. The van der Waals surface area contributed by atoms with E-state index in [1.807, 2.05) is 45.0 Å². The Morgan fingerprint density at radius 2 is 1.79 bits per heavy atom. The zero-order valence-electron chi connectivity index (χ0n) is 16.8. The number of hydrogen-bond acceptors (Lipinski definition) is 5. The third-order valence-electron chi connectivity index (χ3n) is 4.55. The van der Waals surface area contributed by atoms with Crippen LogP contribution in [0.3, 0.4) is 0 Å². The number of aryl methyl sites for hydroxylation is 1. The summed E-state index contributed by atoms with van der Waals surface area (Å²) < 4.78 is 21.9. The van der Waals surface area contributed by atoms with Crippen molar-refractivity contribution in [1.29, 1.82) is 0 Å². The van der Waals surface area contributed by atoms with Crippen LogP contribution in [0, 0.1) is 6.92 Å². The molecule has 0 fully saturated rings. The van der Waals surface area contributed by atoms with Gasteiger partial charge in [0.05, 0.1) is 19.8 Å². The highest BCUT2D eigenvalue weighted by molar-refractivity contribution is 5.87. The highest BCUT2D eigenvalue weighted by atomic mass is 16.5. The molecule has 0 unspecified atom stereocenters. The van der Waals surface area contributed by atoms with Crippen LogP contribution in [0.1, 0.15) is 19.4 Å². The molecule has 2 aromatic carbocycles. The molecule has 146 valence electrons. The van der Waals surface area contributed by atoms with Crippen LogP contribution in [0.4, 0.5) is 0 Å². The number of rotatable bonds is 6. The molecule has 0 aliphatic heterocycles. The van der Waals surface area contributed by atoms with Gasteiger partial charge in [0.2, 0.25) is 0 Å². The first-order valence-electron chi connectivity index (χ1n) is 9.00. The van der Waals surface area contributed by atoms with Crippen LogP contribution in [-0.2, 0) is 0 Å². The molecule has 1 heterocycles. The van der Waals surface area contributed by atoms with Gasteiger partial charge in [-0.25, -0.2) is 4.79 Å². The predicted octanol–water partition coefficient (Wildman–Crippen LogP) is 5.13. The van der Waals surface area contributed by atoms with Crippen molar-refractivity contribution < 1.29 is 18.6 Å². The summed E-state index contributed by atoms with van der Waals surface area (Å²) >= 11 is 0. The van der Waals surface area contributed by atoms with Crippen molar-refractivity contribution in [3.05, 3.63) is 64.0 Å². The molecule has 0 saturated heterocycles. The molecule has 0 bridgehead atoms. The quantitative estimate of drug-likeness (QED) is 0.438. The fourth-order valence-electron chi connectivity index (χ4n) is 3.06. The molecule has 0 atom stereocenters. The number of benzene rings is 2. The summed E-state index contributed by atoms with van der Waals surface area (Å²) in [6.07, 6.45) is 1.99. The fraction of sp³-hybridized carbons (Fsp3) is 0.261. The minimum atomic E-state index is -0.404. The summed E-state index contributed by atoms with van der Waals surface area (Å²) in [4.78, 5) is 12.7. The van der Waals surface area contributed by atoms with E-state index >= 15 is 0 Å². The molecule has 0 spiro atoms. The van der Waals surface area contributed by atoms with E-state index in [1.165, 1.54) is 5.57 Å². The van der Waals surface area contributed by atoms with E-state index in [2.05, 4.69) is 0 Å². The summed E-state index contributed by atoms with van der Waals surface area (Å²) in [5.74, 6) is 1.82. The van der Waals surface area contributed by atoms with E-state index in [9.17, 15) is 4.79 Å². The Morgan fingerprint density at radius 3 is 2.46 bits per heavy atom. The van der Waals surface area contributed by atoms with E-state index in [0.717, 1.165) is 16.5 Å². The van der Waals surface area contributed by atoms with Gasteiger partial charge in [-0.15, -0.1) is 0 Å². The molecule has 28 heavy (non-hydrogen) atoms. The lowest BCUT2D eigenvalue weighted by molar-refractivity contribution is 0.355. The van der Waals surface area contributed by atoms with Gasteiger partial charge in [-0.05, 0) is 62.2 Å². The standard InChI is InChI=1S/C23H24O5/c1-14(2)10-11-27-17-7-8-18-15(3)22(23(24)28-20(18)13-17)16-6-9-19(25-4)21(12-16)26-5/h6-10,12-13H,11H2,1-5H3. The van der Waals surface area contributed by atoms with Crippen molar-refractivity contribution >= 4 is 11.0 Å². The Balaban J connectivity index is 2.06. The summed E-state index contributed by atoms with van der Waals surface area (Å²) in [5, 5.41) is 0.860. The summed E-state index contributed by atoms with van der Waals surface area (Å²) in [5.41, 5.74) is 3.35. The molecule has 0 radical (unpaired) electrons. The first-order chi connectivity index (χ1) is 13.4. The van der Waals surface area contributed by atoms with Crippen LogP contribution in [0.2, 0.25) is 0 Å². The van der Waals surface area contributed by atoms with Crippen molar-refractivity contribution in [2.45, 2.75) is 20.8 Å². The monoisotopic (exact) mass is 380 g/mol. The maximum atomic E-state index is 12.7. The van der Waals surface area contributed by atoms with Crippen molar-refractivity contribution in [3.8, 4) is 28.4 Å². The van der Waals surface area contributed by atoms with E-state index < -0.39 is 5.63 Å². The van der Waals surface area contributed by atoms with Gasteiger partial charge in [-0.1, -0.05) is 11.6 Å². The van der Waals surface area contributed by atoms with Crippen LogP contribution in [0.15, 0.2) is 57.3 Å². The van der Waals surface area contributed by atoms with Gasteiger partial charge in [-0.2, -0.15) is 0 Å². The van der Waals surface area contributed by atoms with Crippen LogP contribution >= 0.6 is 0 Å². The van der Waals surface area contributed by atoms with E-state index in [4.69, 9.17) is 18.6 Å². The Hall–Kier alpha value is -3.21. The van der Waals surface area contributed by atoms with Crippen molar-refractivity contribution in [3.63, 3.8) is 0 Å². The Bertz CT molecular complexity index is 1090. The van der Waals surface area contributed by atoms with Gasteiger partial charge in [-0.3, -0.25) is 0 Å². The van der Waals surface area contributed by atoms with Gasteiger partial charge >= 0.3 is 5.63 Å². The number of fused-ring (bicyclic) bond motifs is 1. The van der Waals surface area contributed by atoms with Crippen LogP contribution < -0.4 is 19.8 Å². The molecule has 5 nitrogen and oxygen atoms in total. The highest BCUT2D eigenvalue weighted by Crippen LogP contribution is 2.34. The van der Waals surface area contributed by atoms with Crippen molar-refractivity contribution in [2.75, 3.05) is 20.8 Å². The lowest BCUT2D eigenvalue weighted by Crippen LogP contribution is -2.06. The molecule has 0 saturated carbocycles. The third-order valence-corrected chi connectivity index (χ3v) is 4.55. The maximum absolute atomic E-state index is 12.7. The molecule has 0 amide bonds. The zero-order valence-corrected chi connectivity index (χ0v) is 16.8. The molecule has 5 heteroatoms. The Labute approximate surface area is 164 Å². The second-order valence-electron chi connectivity index (χ2n) is 6.71. The Morgan fingerprint density at radius 1 is 1.04 bits per heavy atom. The predicted molar refractivity (Wildman–Crippen MR) is 111 cm³/mol. The normalized spacial score (nSPS) is 10.6. The number of hydrogen-bond donors (Lipinski definition) is 0. The molecule has 0 aliphatic carbocycles. The van der Waals surface area contributed by atoms with Crippen LogP contribution in [0.5, 0.6) is 17.2 Å². The average molecular weight is 380 g/mol. The lowest BCUT2D eigenvalue weighted by Gasteiger charge is -2.12. The minimum Gasteiger partial charge on any atom is -0.493 e. The number of methoxy groups -OCH3 is 2. The molecular weight excluding hydrogens is 356 g/mol. The minimum absolute atomic E-state index is 0.404.